The van der Waals surface area contributed by atoms with Crippen molar-refractivity contribution in [1.29, 1.82) is 0 Å². The Morgan fingerprint density at radius 1 is 1.44 bits per heavy atom. The molecule has 2 fully saturated rings. The van der Waals surface area contributed by atoms with Crippen molar-refractivity contribution in [2.24, 2.45) is 7.05 Å². The molecular weight excluding hydrogens is 366 g/mol. The number of likely N-dealkylation sites (tertiary alicyclic amines) is 1. The lowest BCUT2D eigenvalue weighted by atomic mass is 9.89. The summed E-state index contributed by atoms with van der Waals surface area (Å²) < 4.78 is 7.70. The highest BCUT2D eigenvalue weighted by Crippen LogP contribution is 2.35. The Balaban J connectivity index is 1.39. The van der Waals surface area contributed by atoms with Gasteiger partial charge in [-0.3, -0.25) is 14.3 Å². The number of aryl methyl sites for hydroxylation is 2. The fourth-order valence-electron chi connectivity index (χ4n) is 3.88. The Hall–Kier alpha value is -2.26. The highest BCUT2D eigenvalue weighted by molar-refractivity contribution is 7.09. The molecule has 0 saturated carbocycles. The number of amides is 2. The van der Waals surface area contributed by atoms with E-state index in [4.69, 9.17) is 4.74 Å². The van der Waals surface area contributed by atoms with E-state index in [0.29, 0.717) is 37.4 Å². The Kier molecular flexibility index (Phi) is 4.73. The van der Waals surface area contributed by atoms with Gasteiger partial charge in [-0.05, 0) is 26.2 Å². The molecule has 0 bridgehead atoms. The predicted molar refractivity (Wildman–Crippen MR) is 99.8 cm³/mol. The molecule has 0 aliphatic carbocycles. The molecule has 8 nitrogen and oxygen atoms in total. The van der Waals surface area contributed by atoms with Crippen LogP contribution in [0.25, 0.3) is 0 Å². The molecule has 2 aromatic rings. The molecule has 0 unspecified atom stereocenters. The number of rotatable bonds is 3. The van der Waals surface area contributed by atoms with Gasteiger partial charge in [-0.25, -0.2) is 4.98 Å². The minimum absolute atomic E-state index is 0.0306. The second-order valence-corrected chi connectivity index (χ2v) is 8.39. The first-order chi connectivity index (χ1) is 12.9. The lowest BCUT2D eigenvalue weighted by molar-refractivity contribution is -0.0777. The predicted octanol–water partition coefficient (Wildman–Crippen LogP) is 1.38. The zero-order chi connectivity index (χ0) is 19.0. The Morgan fingerprint density at radius 2 is 2.30 bits per heavy atom. The summed E-state index contributed by atoms with van der Waals surface area (Å²) in [5.74, 6) is -0.157. The number of aromatic nitrogens is 3. The highest BCUT2D eigenvalue weighted by Gasteiger charge is 2.45. The molecule has 1 N–H and O–H groups in total. The largest absolute Gasteiger partial charge is 0.373 e. The van der Waals surface area contributed by atoms with E-state index < -0.39 is 0 Å². The third-order valence-electron chi connectivity index (χ3n) is 5.24. The number of hydrogen-bond acceptors (Lipinski definition) is 6. The van der Waals surface area contributed by atoms with E-state index >= 15 is 0 Å². The van der Waals surface area contributed by atoms with Crippen LogP contribution in [-0.2, 0) is 11.8 Å². The summed E-state index contributed by atoms with van der Waals surface area (Å²) in [7, 11) is 1.79. The Bertz CT molecular complexity index is 863. The second kappa shape index (κ2) is 7.05. The fraction of sp³-hybridized carbons (Fsp3) is 0.556. The molecular formula is C18H23N5O3S. The third kappa shape index (κ3) is 3.74. The average Bonchev–Trinajstić information content (AvgIpc) is 3.35. The number of nitrogens with zero attached hydrogens (tertiary/aromatic N) is 4. The van der Waals surface area contributed by atoms with Crippen LogP contribution >= 0.6 is 11.3 Å². The molecule has 2 aliphatic heterocycles. The van der Waals surface area contributed by atoms with Gasteiger partial charge in [-0.1, -0.05) is 0 Å². The van der Waals surface area contributed by atoms with Crippen molar-refractivity contribution in [3.63, 3.8) is 0 Å². The summed E-state index contributed by atoms with van der Waals surface area (Å²) in [4.78, 5) is 31.2. The molecule has 2 saturated heterocycles. The minimum atomic E-state index is -0.383. The van der Waals surface area contributed by atoms with Crippen LogP contribution in [0.3, 0.4) is 0 Å². The standard InChI is InChI=1S/C18H23N5O3S/c1-12-20-15(10-27-12)17(25)23-5-4-18(11-23)7-14(3-6-26-18)21-16(24)13-8-19-22(2)9-13/h8-10,14H,3-7,11H2,1-2H3,(H,21,24)/t14-,18-/m1/s1. The summed E-state index contributed by atoms with van der Waals surface area (Å²) in [6.45, 7) is 3.67. The maximum atomic E-state index is 12.7. The van der Waals surface area contributed by atoms with Crippen LogP contribution in [0.1, 0.15) is 45.1 Å². The minimum Gasteiger partial charge on any atom is -0.373 e. The van der Waals surface area contributed by atoms with Gasteiger partial charge in [-0.15, -0.1) is 11.3 Å². The first kappa shape index (κ1) is 18.1. The zero-order valence-electron chi connectivity index (χ0n) is 15.5. The van der Waals surface area contributed by atoms with E-state index in [1.165, 1.54) is 11.3 Å². The summed E-state index contributed by atoms with van der Waals surface area (Å²) in [5.41, 5.74) is 0.679. The quantitative estimate of drug-likeness (QED) is 0.857. The molecule has 2 atom stereocenters. The second-order valence-electron chi connectivity index (χ2n) is 7.33. The van der Waals surface area contributed by atoms with E-state index in [9.17, 15) is 9.59 Å². The number of nitrogens with one attached hydrogen (secondary N) is 1. The number of thiazole rings is 1. The first-order valence-electron chi connectivity index (χ1n) is 9.09. The van der Waals surface area contributed by atoms with Crippen LogP contribution in [0.15, 0.2) is 17.8 Å². The molecule has 1 spiro atoms. The topological polar surface area (TPSA) is 89.4 Å². The average molecular weight is 389 g/mol. The highest BCUT2D eigenvalue weighted by atomic mass is 32.1. The van der Waals surface area contributed by atoms with Gasteiger partial charge < -0.3 is 15.0 Å². The smallest absolute Gasteiger partial charge is 0.273 e. The molecule has 0 aromatic carbocycles. The monoisotopic (exact) mass is 389 g/mol. The van der Waals surface area contributed by atoms with Crippen LogP contribution in [0.2, 0.25) is 0 Å². The van der Waals surface area contributed by atoms with E-state index in [-0.39, 0.29) is 23.5 Å². The Labute approximate surface area is 161 Å². The molecule has 0 radical (unpaired) electrons. The van der Waals surface area contributed by atoms with Crippen molar-refractivity contribution in [2.45, 2.75) is 37.8 Å². The molecule has 2 aromatic heterocycles. The number of ether oxygens (including phenoxy) is 1. The molecule has 27 heavy (non-hydrogen) atoms. The van der Waals surface area contributed by atoms with Gasteiger partial charge in [0.25, 0.3) is 11.8 Å². The first-order valence-corrected chi connectivity index (χ1v) is 9.97. The van der Waals surface area contributed by atoms with Crippen molar-refractivity contribution in [2.75, 3.05) is 19.7 Å². The zero-order valence-corrected chi connectivity index (χ0v) is 16.3. The molecule has 9 heteroatoms. The summed E-state index contributed by atoms with van der Waals surface area (Å²) >= 11 is 1.48. The lowest BCUT2D eigenvalue weighted by Gasteiger charge is -2.38. The van der Waals surface area contributed by atoms with Gasteiger partial charge in [0.2, 0.25) is 0 Å². The van der Waals surface area contributed by atoms with Crippen LogP contribution in [0.5, 0.6) is 0 Å². The van der Waals surface area contributed by atoms with Crippen molar-refractivity contribution in [1.82, 2.24) is 25.0 Å². The van der Waals surface area contributed by atoms with E-state index in [2.05, 4.69) is 15.4 Å². The molecule has 2 aliphatic rings. The normalized spacial score (nSPS) is 25.1. The van der Waals surface area contributed by atoms with Gasteiger partial charge in [-0.2, -0.15) is 5.10 Å². The van der Waals surface area contributed by atoms with E-state index in [1.54, 1.807) is 29.5 Å². The molecule has 2 amide bonds. The van der Waals surface area contributed by atoms with Gasteiger partial charge >= 0.3 is 0 Å². The van der Waals surface area contributed by atoms with E-state index in [1.807, 2.05) is 11.8 Å². The maximum Gasteiger partial charge on any atom is 0.273 e. The van der Waals surface area contributed by atoms with Crippen molar-refractivity contribution < 1.29 is 14.3 Å². The van der Waals surface area contributed by atoms with Crippen LogP contribution < -0.4 is 5.32 Å². The maximum absolute atomic E-state index is 12.7. The van der Waals surface area contributed by atoms with E-state index in [0.717, 1.165) is 17.8 Å². The van der Waals surface area contributed by atoms with Gasteiger partial charge in [0, 0.05) is 37.8 Å². The summed E-state index contributed by atoms with van der Waals surface area (Å²) in [6, 6.07) is 0.0306. The van der Waals surface area contributed by atoms with Crippen LogP contribution in [-0.4, -0.2) is 62.8 Å². The summed E-state index contributed by atoms with van der Waals surface area (Å²) in [6.07, 6.45) is 5.53. The van der Waals surface area contributed by atoms with Crippen LogP contribution in [0.4, 0.5) is 0 Å². The fourth-order valence-corrected chi connectivity index (χ4v) is 4.47. The SMILES string of the molecule is Cc1nc(C(=O)N2CC[C@@]3(C[C@H](NC(=O)c4cnn(C)c4)CCO3)C2)cs1. The Morgan fingerprint density at radius 3 is 3.00 bits per heavy atom. The molecule has 4 heterocycles. The summed E-state index contributed by atoms with van der Waals surface area (Å²) in [5, 5.41) is 9.83. The van der Waals surface area contributed by atoms with Crippen molar-refractivity contribution in [3.8, 4) is 0 Å². The number of carbonyl (C=O) groups excluding carboxylic acids is 2. The van der Waals surface area contributed by atoms with Crippen LogP contribution in [0, 0.1) is 6.92 Å². The van der Waals surface area contributed by atoms with Gasteiger partial charge in [0.05, 0.1) is 28.9 Å². The van der Waals surface area contributed by atoms with Gasteiger partial charge in [0.15, 0.2) is 0 Å². The van der Waals surface area contributed by atoms with Crippen molar-refractivity contribution >= 4 is 23.2 Å². The number of carbonyl (C=O) groups is 2. The number of hydrogen-bond donors (Lipinski definition) is 1. The molecule has 4 rings (SSSR count). The molecule has 144 valence electrons. The van der Waals surface area contributed by atoms with Gasteiger partial charge in [0.1, 0.15) is 5.69 Å². The third-order valence-corrected chi connectivity index (χ3v) is 6.01. The lowest BCUT2D eigenvalue weighted by Crippen LogP contribution is -2.50. The van der Waals surface area contributed by atoms with Crippen molar-refractivity contribution in [3.05, 3.63) is 34.0 Å².